The molecule has 0 saturated carbocycles. The first-order chi connectivity index (χ1) is 14.6. The van der Waals surface area contributed by atoms with Gasteiger partial charge in [-0.3, -0.25) is 0 Å². The molecule has 0 spiro atoms. The van der Waals surface area contributed by atoms with Gasteiger partial charge in [0.15, 0.2) is 0 Å². The summed E-state index contributed by atoms with van der Waals surface area (Å²) in [7, 11) is 2.19. The molecule has 30 heavy (non-hydrogen) atoms. The Morgan fingerprint density at radius 3 is 2.77 bits per heavy atom. The molecule has 2 aliphatic rings. The Balaban J connectivity index is 1.51. The molecule has 2 aromatic rings. The Labute approximate surface area is 178 Å². The predicted molar refractivity (Wildman–Crippen MR) is 122 cm³/mol. The zero-order valence-corrected chi connectivity index (χ0v) is 18.1. The molecule has 3 N–H and O–H groups in total. The second-order valence-electron chi connectivity index (χ2n) is 8.36. The minimum absolute atomic E-state index is 0.241. The topological polar surface area (TPSA) is 89.3 Å². The first kappa shape index (κ1) is 20.5. The predicted octanol–water partition coefficient (Wildman–Crippen LogP) is 4.87. The Morgan fingerprint density at radius 1 is 1.23 bits per heavy atom. The molecule has 2 heterocycles. The molecule has 4 rings (SSSR count). The average Bonchev–Trinajstić information content (AvgIpc) is 3.09. The molecule has 158 valence electrons. The van der Waals surface area contributed by atoms with E-state index in [0.29, 0.717) is 11.6 Å². The lowest BCUT2D eigenvalue weighted by Gasteiger charge is -2.28. The summed E-state index contributed by atoms with van der Waals surface area (Å²) in [5, 5.41) is 10.4. The molecule has 7 nitrogen and oxygen atoms in total. The number of allylic oxidation sites excluding steroid dienone is 1. The van der Waals surface area contributed by atoms with Crippen LogP contribution >= 0.6 is 0 Å². The maximum absolute atomic E-state index is 7.38. The van der Waals surface area contributed by atoms with E-state index in [1.54, 1.807) is 0 Å². The molecule has 0 unspecified atom stereocenters. The van der Waals surface area contributed by atoms with Crippen molar-refractivity contribution >= 4 is 22.9 Å². The lowest BCUT2D eigenvalue weighted by molar-refractivity contribution is 0.226. The summed E-state index contributed by atoms with van der Waals surface area (Å²) in [4.78, 5) is 11.9. The largest absolute Gasteiger partial charge is 0.384 e. The number of hydrogen-bond donors (Lipinski definition) is 3. The van der Waals surface area contributed by atoms with Crippen LogP contribution in [-0.2, 0) is 0 Å². The molecule has 1 aromatic heterocycles. The van der Waals surface area contributed by atoms with Gasteiger partial charge in [0.05, 0.1) is 11.4 Å². The highest BCUT2D eigenvalue weighted by molar-refractivity contribution is 5.87. The maximum atomic E-state index is 7.38. The number of piperidine rings is 1. The van der Waals surface area contributed by atoms with Crippen LogP contribution in [0, 0.1) is 11.4 Å². The normalized spacial score (nSPS) is 19.3. The standard InChI is InChI=1S/C23H31N7/c1-4-25-21-12-17(5-6-20(21)29-24)18-11-15(2)22-19(18)14-27-23(28-22)26-13-16-7-9-30(3)10-8-16/h5-6,11-12,14-16,24-25H,4,7-10,13H2,1-3H3,(H,26,27,28)/t15-/m0/s1. The number of aromatic nitrogens is 2. The van der Waals surface area contributed by atoms with Gasteiger partial charge in [-0.2, -0.15) is 5.11 Å². The molecule has 1 fully saturated rings. The molecule has 1 aliphatic heterocycles. The highest BCUT2D eigenvalue weighted by Crippen LogP contribution is 2.40. The lowest BCUT2D eigenvalue weighted by Crippen LogP contribution is -2.33. The van der Waals surface area contributed by atoms with Gasteiger partial charge in [0.2, 0.25) is 5.95 Å². The number of nitrogens with one attached hydrogen (secondary N) is 3. The van der Waals surface area contributed by atoms with Crippen LogP contribution in [0.1, 0.15) is 49.4 Å². The summed E-state index contributed by atoms with van der Waals surface area (Å²) in [5.74, 6) is 1.66. The molecule has 0 bridgehead atoms. The van der Waals surface area contributed by atoms with Crippen LogP contribution in [0.2, 0.25) is 0 Å². The van der Waals surface area contributed by atoms with Crippen LogP contribution in [0.3, 0.4) is 0 Å². The third-order valence-corrected chi connectivity index (χ3v) is 6.14. The van der Waals surface area contributed by atoms with Crippen molar-refractivity contribution in [3.63, 3.8) is 0 Å². The third kappa shape index (κ3) is 4.21. The van der Waals surface area contributed by atoms with Crippen molar-refractivity contribution < 1.29 is 0 Å². The van der Waals surface area contributed by atoms with Crippen molar-refractivity contribution in [1.82, 2.24) is 14.9 Å². The van der Waals surface area contributed by atoms with Crippen LogP contribution in [0.15, 0.2) is 35.6 Å². The van der Waals surface area contributed by atoms with E-state index in [9.17, 15) is 0 Å². The molecule has 1 aromatic carbocycles. The van der Waals surface area contributed by atoms with Crippen molar-refractivity contribution in [1.29, 1.82) is 5.53 Å². The summed E-state index contributed by atoms with van der Waals surface area (Å²) in [6.45, 7) is 8.28. The van der Waals surface area contributed by atoms with Crippen molar-refractivity contribution in [2.75, 3.05) is 43.9 Å². The minimum atomic E-state index is 0.241. The van der Waals surface area contributed by atoms with Gasteiger partial charge < -0.3 is 15.5 Å². The fraction of sp³-hybridized carbons (Fsp3) is 0.478. The van der Waals surface area contributed by atoms with Gasteiger partial charge in [0.25, 0.3) is 0 Å². The Hall–Kier alpha value is -2.80. The van der Waals surface area contributed by atoms with E-state index in [-0.39, 0.29) is 5.92 Å². The minimum Gasteiger partial charge on any atom is -0.384 e. The number of rotatable bonds is 7. The third-order valence-electron chi connectivity index (χ3n) is 6.14. The monoisotopic (exact) mass is 405 g/mol. The maximum Gasteiger partial charge on any atom is 0.222 e. The van der Waals surface area contributed by atoms with Crippen LogP contribution in [0.4, 0.5) is 17.3 Å². The van der Waals surface area contributed by atoms with Crippen molar-refractivity contribution in [2.24, 2.45) is 11.0 Å². The molecular formula is C23H31N7. The molecule has 0 radical (unpaired) electrons. The van der Waals surface area contributed by atoms with Gasteiger partial charge in [-0.15, -0.1) is 0 Å². The number of likely N-dealkylation sites (tertiary alicyclic amines) is 1. The van der Waals surface area contributed by atoms with Gasteiger partial charge in [-0.1, -0.05) is 19.1 Å². The van der Waals surface area contributed by atoms with Crippen molar-refractivity contribution in [2.45, 2.75) is 32.6 Å². The van der Waals surface area contributed by atoms with E-state index in [4.69, 9.17) is 10.5 Å². The number of anilines is 2. The number of fused-ring (bicyclic) bond motifs is 1. The second-order valence-corrected chi connectivity index (χ2v) is 8.36. The van der Waals surface area contributed by atoms with Crippen LogP contribution < -0.4 is 10.6 Å². The summed E-state index contributed by atoms with van der Waals surface area (Å²) in [5.41, 5.74) is 13.3. The van der Waals surface area contributed by atoms with E-state index in [1.807, 2.05) is 25.3 Å². The van der Waals surface area contributed by atoms with Crippen molar-refractivity contribution in [3.8, 4) is 0 Å². The van der Waals surface area contributed by atoms with Gasteiger partial charge >= 0.3 is 0 Å². The van der Waals surface area contributed by atoms with Crippen molar-refractivity contribution in [3.05, 3.63) is 47.3 Å². The SMILES string of the molecule is CCNc1cc(C2=C[C@H](C)c3nc(NCC4CCN(C)CC4)ncc32)ccc1N=N. The van der Waals surface area contributed by atoms with Gasteiger partial charge in [0.1, 0.15) is 5.69 Å². The van der Waals surface area contributed by atoms with Crippen LogP contribution in [-0.4, -0.2) is 48.1 Å². The average molecular weight is 406 g/mol. The lowest BCUT2D eigenvalue weighted by atomic mass is 9.97. The van der Waals surface area contributed by atoms with Gasteiger partial charge in [-0.25, -0.2) is 15.5 Å². The van der Waals surface area contributed by atoms with E-state index in [1.165, 1.54) is 25.9 Å². The zero-order valence-electron chi connectivity index (χ0n) is 18.1. The quantitative estimate of drug-likeness (QED) is 0.572. The zero-order chi connectivity index (χ0) is 21.1. The summed E-state index contributed by atoms with van der Waals surface area (Å²) < 4.78 is 0. The summed E-state index contributed by atoms with van der Waals surface area (Å²) >= 11 is 0. The molecule has 1 aliphatic carbocycles. The fourth-order valence-corrected chi connectivity index (χ4v) is 4.34. The van der Waals surface area contributed by atoms with E-state index < -0.39 is 0 Å². The highest BCUT2D eigenvalue weighted by atomic mass is 15.1. The molecule has 7 heteroatoms. The first-order valence-electron chi connectivity index (χ1n) is 10.9. The Morgan fingerprint density at radius 2 is 2.03 bits per heavy atom. The van der Waals surface area contributed by atoms with E-state index in [0.717, 1.165) is 47.1 Å². The summed E-state index contributed by atoms with van der Waals surface area (Å²) in [6, 6.07) is 5.98. The highest BCUT2D eigenvalue weighted by Gasteiger charge is 2.25. The van der Waals surface area contributed by atoms with E-state index in [2.05, 4.69) is 51.7 Å². The Bertz CT molecular complexity index is 945. The van der Waals surface area contributed by atoms with E-state index >= 15 is 0 Å². The smallest absolute Gasteiger partial charge is 0.222 e. The first-order valence-corrected chi connectivity index (χ1v) is 10.9. The van der Waals surface area contributed by atoms with Gasteiger partial charge in [0, 0.05) is 30.8 Å². The number of benzene rings is 1. The second kappa shape index (κ2) is 8.92. The molecule has 0 amide bonds. The summed E-state index contributed by atoms with van der Waals surface area (Å²) in [6.07, 6.45) is 6.66. The fourth-order valence-electron chi connectivity index (χ4n) is 4.34. The van der Waals surface area contributed by atoms with Crippen LogP contribution in [0.5, 0.6) is 0 Å². The number of hydrogen-bond acceptors (Lipinski definition) is 7. The Kier molecular flexibility index (Phi) is 6.08. The van der Waals surface area contributed by atoms with Crippen LogP contribution in [0.25, 0.3) is 5.57 Å². The molecule has 1 atom stereocenters. The molecular weight excluding hydrogens is 374 g/mol. The number of nitrogens with zero attached hydrogens (tertiary/aromatic N) is 4. The van der Waals surface area contributed by atoms with Gasteiger partial charge in [-0.05, 0) is 69.1 Å². The molecule has 1 saturated heterocycles.